The quantitative estimate of drug-likeness (QED) is 0.730. The van der Waals surface area contributed by atoms with Gasteiger partial charge in [0.25, 0.3) is 0 Å². The van der Waals surface area contributed by atoms with Gasteiger partial charge < -0.3 is 10.1 Å². The van der Waals surface area contributed by atoms with Gasteiger partial charge in [-0.25, -0.2) is 9.50 Å². The van der Waals surface area contributed by atoms with E-state index >= 15 is 0 Å². The molecule has 24 heavy (non-hydrogen) atoms. The van der Waals surface area contributed by atoms with Crippen LogP contribution in [0.15, 0.2) is 36.8 Å². The highest BCUT2D eigenvalue weighted by atomic mass is 16.5. The molecule has 1 aliphatic rings. The normalized spacial score (nSPS) is 14.5. The van der Waals surface area contributed by atoms with E-state index in [1.807, 2.05) is 23.6 Å². The molecule has 1 aliphatic heterocycles. The molecule has 122 valence electrons. The van der Waals surface area contributed by atoms with E-state index in [1.54, 1.807) is 6.33 Å². The molecule has 6 heteroatoms. The molecule has 1 fully saturated rings. The molecule has 3 aromatic rings. The van der Waals surface area contributed by atoms with Crippen LogP contribution in [0.3, 0.4) is 0 Å². The Balaban J connectivity index is 1.74. The van der Waals surface area contributed by atoms with Crippen molar-refractivity contribution in [2.75, 3.05) is 13.2 Å². The van der Waals surface area contributed by atoms with Crippen LogP contribution in [0.25, 0.3) is 16.8 Å². The average Bonchev–Trinajstić information content (AvgIpc) is 2.95. The number of rotatable bonds is 5. The van der Waals surface area contributed by atoms with E-state index in [0.717, 1.165) is 41.1 Å². The van der Waals surface area contributed by atoms with Gasteiger partial charge in [0.15, 0.2) is 0 Å². The first-order chi connectivity index (χ1) is 11.8. The maximum atomic E-state index is 10.5. The van der Waals surface area contributed by atoms with Crippen molar-refractivity contribution in [3.63, 3.8) is 0 Å². The van der Waals surface area contributed by atoms with E-state index in [4.69, 9.17) is 4.74 Å². The number of aryl methyl sites for hydroxylation is 1. The number of hydrogen-bond acceptors (Lipinski definition) is 4. The topological polar surface area (TPSA) is 68.5 Å². The van der Waals surface area contributed by atoms with Gasteiger partial charge in [0.2, 0.25) is 6.41 Å². The van der Waals surface area contributed by atoms with E-state index in [0.29, 0.717) is 18.9 Å². The van der Waals surface area contributed by atoms with Gasteiger partial charge in [0.1, 0.15) is 6.33 Å². The summed E-state index contributed by atoms with van der Waals surface area (Å²) in [6.45, 7) is 4.12. The summed E-state index contributed by atoms with van der Waals surface area (Å²) >= 11 is 0. The first kappa shape index (κ1) is 14.8. The molecule has 1 saturated heterocycles. The number of nitrogens with one attached hydrogen (secondary N) is 1. The Morgan fingerprint density at radius 1 is 1.38 bits per heavy atom. The number of benzene rings is 1. The minimum atomic E-state index is 0.457. The molecule has 2 aromatic heterocycles. The fraction of sp³-hybridized carbons (Fsp3) is 0.278. The molecule has 0 radical (unpaired) electrons. The number of carbonyl (C=O) groups is 1. The van der Waals surface area contributed by atoms with E-state index in [9.17, 15) is 4.79 Å². The van der Waals surface area contributed by atoms with Crippen molar-refractivity contribution >= 4 is 11.9 Å². The third-order valence-electron chi connectivity index (χ3n) is 4.53. The molecule has 1 aromatic carbocycles. The summed E-state index contributed by atoms with van der Waals surface area (Å²) in [7, 11) is 0. The predicted molar refractivity (Wildman–Crippen MR) is 89.6 cm³/mol. The van der Waals surface area contributed by atoms with Gasteiger partial charge in [-0.3, -0.25) is 4.79 Å². The number of ether oxygens (including phenoxy) is 1. The second-order valence-electron chi connectivity index (χ2n) is 6.09. The lowest BCUT2D eigenvalue weighted by Gasteiger charge is -2.24. The van der Waals surface area contributed by atoms with Crippen molar-refractivity contribution in [3.8, 4) is 11.3 Å². The fourth-order valence-corrected chi connectivity index (χ4v) is 3.02. The first-order valence-electron chi connectivity index (χ1n) is 7.94. The molecular weight excluding hydrogens is 304 g/mol. The number of nitrogens with zero attached hydrogens (tertiary/aromatic N) is 3. The van der Waals surface area contributed by atoms with Gasteiger partial charge in [-0.05, 0) is 35.7 Å². The number of carbonyl (C=O) groups excluding carboxylic acids is 1. The summed E-state index contributed by atoms with van der Waals surface area (Å²) in [5.41, 5.74) is 6.42. The van der Waals surface area contributed by atoms with Gasteiger partial charge in [-0.15, -0.1) is 0 Å². The van der Waals surface area contributed by atoms with Crippen LogP contribution in [0.1, 0.15) is 22.6 Å². The largest absolute Gasteiger partial charge is 0.380 e. The average molecular weight is 322 g/mol. The summed E-state index contributed by atoms with van der Waals surface area (Å²) in [5.74, 6) is 0.457. The Kier molecular flexibility index (Phi) is 3.74. The number of amides is 1. The Morgan fingerprint density at radius 3 is 2.96 bits per heavy atom. The summed E-state index contributed by atoms with van der Waals surface area (Å²) < 4.78 is 7.17. The van der Waals surface area contributed by atoms with Gasteiger partial charge in [-0.1, -0.05) is 12.1 Å². The van der Waals surface area contributed by atoms with Crippen molar-refractivity contribution < 1.29 is 9.53 Å². The Morgan fingerprint density at radius 2 is 2.25 bits per heavy atom. The van der Waals surface area contributed by atoms with E-state index in [2.05, 4.69) is 33.7 Å². The molecule has 1 N–H and O–H groups in total. The summed E-state index contributed by atoms with van der Waals surface area (Å²) in [6, 6.07) is 8.32. The Hall–Kier alpha value is -2.73. The molecule has 0 spiro atoms. The van der Waals surface area contributed by atoms with Gasteiger partial charge in [0.05, 0.1) is 24.4 Å². The van der Waals surface area contributed by atoms with Crippen LogP contribution in [0.4, 0.5) is 0 Å². The molecule has 1 amide bonds. The monoisotopic (exact) mass is 322 g/mol. The van der Waals surface area contributed by atoms with Crippen molar-refractivity contribution in [1.82, 2.24) is 19.9 Å². The van der Waals surface area contributed by atoms with Crippen LogP contribution in [0.5, 0.6) is 0 Å². The van der Waals surface area contributed by atoms with Crippen LogP contribution in [0.2, 0.25) is 0 Å². The molecule has 6 nitrogen and oxygen atoms in total. The van der Waals surface area contributed by atoms with Crippen molar-refractivity contribution in [1.29, 1.82) is 0 Å². The predicted octanol–water partition coefficient (Wildman–Crippen LogP) is 2.06. The molecule has 0 aliphatic carbocycles. The van der Waals surface area contributed by atoms with Crippen LogP contribution in [0, 0.1) is 6.92 Å². The van der Waals surface area contributed by atoms with Crippen LogP contribution < -0.4 is 5.32 Å². The third kappa shape index (κ3) is 2.55. The summed E-state index contributed by atoms with van der Waals surface area (Å²) in [4.78, 5) is 15.0. The zero-order chi connectivity index (χ0) is 16.5. The van der Waals surface area contributed by atoms with Gasteiger partial charge >= 0.3 is 0 Å². The number of hydrogen-bond donors (Lipinski definition) is 1. The first-order valence-corrected chi connectivity index (χ1v) is 7.94. The summed E-state index contributed by atoms with van der Waals surface area (Å²) in [5, 5.41) is 7.03. The number of aromatic nitrogens is 3. The highest BCUT2D eigenvalue weighted by Crippen LogP contribution is 2.30. The van der Waals surface area contributed by atoms with Crippen LogP contribution >= 0.6 is 0 Å². The van der Waals surface area contributed by atoms with Crippen LogP contribution in [-0.4, -0.2) is 34.2 Å². The van der Waals surface area contributed by atoms with E-state index in [1.165, 1.54) is 5.56 Å². The lowest BCUT2D eigenvalue weighted by Crippen LogP contribution is -2.24. The zero-order valence-corrected chi connectivity index (χ0v) is 13.4. The molecule has 0 bridgehead atoms. The maximum Gasteiger partial charge on any atom is 0.207 e. The Bertz CT molecular complexity index is 899. The van der Waals surface area contributed by atoms with Gasteiger partial charge in [-0.2, -0.15) is 5.10 Å². The lowest BCUT2D eigenvalue weighted by atomic mass is 10.00. The molecular formula is C18H18N4O2. The second kappa shape index (κ2) is 6.05. The highest BCUT2D eigenvalue weighted by Gasteiger charge is 2.23. The molecule has 0 unspecified atom stereocenters. The lowest BCUT2D eigenvalue weighted by molar-refractivity contribution is -0.109. The SMILES string of the molecule is Cc1cc(-c2ncnn3cc(C4COC4)cc23)ccc1CNC=O. The van der Waals surface area contributed by atoms with E-state index in [-0.39, 0.29) is 0 Å². The molecule has 3 heterocycles. The van der Waals surface area contributed by atoms with E-state index < -0.39 is 0 Å². The fourth-order valence-electron chi connectivity index (χ4n) is 3.02. The Labute approximate surface area is 139 Å². The molecule has 0 saturated carbocycles. The van der Waals surface area contributed by atoms with Crippen molar-refractivity contribution in [2.24, 2.45) is 0 Å². The number of fused-ring (bicyclic) bond motifs is 1. The molecule has 0 atom stereocenters. The smallest absolute Gasteiger partial charge is 0.207 e. The van der Waals surface area contributed by atoms with Gasteiger partial charge in [0, 0.05) is 24.2 Å². The minimum Gasteiger partial charge on any atom is -0.380 e. The third-order valence-corrected chi connectivity index (χ3v) is 4.53. The maximum absolute atomic E-state index is 10.5. The van der Waals surface area contributed by atoms with Crippen molar-refractivity contribution in [3.05, 3.63) is 53.5 Å². The van der Waals surface area contributed by atoms with Crippen molar-refractivity contribution in [2.45, 2.75) is 19.4 Å². The minimum absolute atomic E-state index is 0.457. The zero-order valence-electron chi connectivity index (χ0n) is 13.4. The summed E-state index contributed by atoms with van der Waals surface area (Å²) in [6.07, 6.45) is 4.36. The molecule has 4 rings (SSSR count). The standard InChI is InChI=1S/C18H18N4O2/c1-12-4-13(2-3-14(12)6-19-11-23)18-17-5-15(16-8-24-9-16)7-22(17)21-10-20-18/h2-5,7,10-11,16H,6,8-9H2,1H3,(H,19,23). The highest BCUT2D eigenvalue weighted by molar-refractivity contribution is 5.77. The van der Waals surface area contributed by atoms with Crippen LogP contribution in [-0.2, 0) is 16.1 Å². The second-order valence-corrected chi connectivity index (χ2v) is 6.09.